The van der Waals surface area contributed by atoms with Crippen molar-refractivity contribution in [2.75, 3.05) is 20.2 Å². The lowest BCUT2D eigenvalue weighted by Crippen LogP contribution is -2.45. The average molecular weight is 421 g/mol. The molecule has 0 aliphatic carbocycles. The molecule has 2 heterocycles. The van der Waals surface area contributed by atoms with Gasteiger partial charge in [-0.2, -0.15) is 4.31 Å². The number of methoxy groups -OCH3 is 1. The summed E-state index contributed by atoms with van der Waals surface area (Å²) in [4.78, 5) is 12.7. The molecule has 1 aliphatic rings. The number of piperidine rings is 1. The highest BCUT2D eigenvalue weighted by atomic mass is 32.2. The van der Waals surface area contributed by atoms with Gasteiger partial charge in [0.1, 0.15) is 16.4 Å². The number of hydrogen-bond acceptors (Lipinski definition) is 5. The van der Waals surface area contributed by atoms with Crippen LogP contribution in [0.15, 0.2) is 45.9 Å². The van der Waals surface area contributed by atoms with Gasteiger partial charge in [0.15, 0.2) is 0 Å². The molecule has 1 saturated heterocycles. The molecule has 1 fully saturated rings. The largest absolute Gasteiger partial charge is 0.495 e. The summed E-state index contributed by atoms with van der Waals surface area (Å²) < 4.78 is 38.6. The van der Waals surface area contributed by atoms with Crippen LogP contribution in [-0.2, 0) is 21.4 Å². The van der Waals surface area contributed by atoms with Gasteiger partial charge in [-0.15, -0.1) is 0 Å². The fourth-order valence-corrected chi connectivity index (χ4v) is 5.21. The number of carbonyl (C=O) groups is 1. The van der Waals surface area contributed by atoms with E-state index in [1.807, 2.05) is 19.9 Å². The molecule has 0 unspecified atom stereocenters. The predicted octanol–water partition coefficient (Wildman–Crippen LogP) is 3.13. The Labute approximate surface area is 172 Å². The maximum atomic E-state index is 13.4. The van der Waals surface area contributed by atoms with E-state index in [9.17, 15) is 13.2 Å². The minimum absolute atomic E-state index is 0.154. The van der Waals surface area contributed by atoms with Crippen molar-refractivity contribution in [3.8, 4) is 5.75 Å². The Balaban J connectivity index is 1.77. The van der Waals surface area contributed by atoms with Crippen LogP contribution in [0, 0.1) is 5.92 Å². The van der Waals surface area contributed by atoms with Crippen molar-refractivity contribution in [1.82, 2.24) is 9.62 Å². The summed E-state index contributed by atoms with van der Waals surface area (Å²) in [6.45, 7) is 4.86. The first-order valence-corrected chi connectivity index (χ1v) is 11.2. The Kier molecular flexibility index (Phi) is 6.64. The lowest BCUT2D eigenvalue weighted by molar-refractivity contribution is -0.126. The van der Waals surface area contributed by atoms with E-state index in [4.69, 9.17) is 9.15 Å². The third-order valence-electron chi connectivity index (χ3n) is 5.24. The van der Waals surface area contributed by atoms with Crippen molar-refractivity contribution in [1.29, 1.82) is 0 Å². The molecule has 3 rings (SSSR count). The van der Waals surface area contributed by atoms with E-state index in [1.54, 1.807) is 30.5 Å². The van der Waals surface area contributed by atoms with Crippen LogP contribution in [0.4, 0.5) is 0 Å². The van der Waals surface area contributed by atoms with E-state index in [1.165, 1.54) is 11.4 Å². The lowest BCUT2D eigenvalue weighted by Gasteiger charge is -2.31. The normalized spacial score (nSPS) is 18.0. The molecule has 29 heavy (non-hydrogen) atoms. The molecule has 1 aliphatic heterocycles. The van der Waals surface area contributed by atoms with E-state index in [2.05, 4.69) is 5.32 Å². The van der Waals surface area contributed by atoms with E-state index >= 15 is 0 Å². The first-order chi connectivity index (χ1) is 13.8. The number of furan rings is 1. The highest BCUT2D eigenvalue weighted by Gasteiger charge is 2.35. The zero-order valence-corrected chi connectivity index (χ0v) is 17.9. The molecule has 0 bridgehead atoms. The Morgan fingerprint density at radius 2 is 2.14 bits per heavy atom. The van der Waals surface area contributed by atoms with Crippen LogP contribution < -0.4 is 10.1 Å². The second kappa shape index (κ2) is 9.00. The van der Waals surface area contributed by atoms with Crippen molar-refractivity contribution in [2.24, 2.45) is 5.92 Å². The maximum Gasteiger partial charge on any atom is 0.246 e. The zero-order valence-electron chi connectivity index (χ0n) is 17.1. The van der Waals surface area contributed by atoms with Gasteiger partial charge < -0.3 is 14.5 Å². The SMILES string of the molecule is COc1ccc(C(C)C)cc1S(=O)(=O)N1CCC[C@H](C(=O)NCc2ccco2)C1. The van der Waals surface area contributed by atoms with Gasteiger partial charge in [-0.25, -0.2) is 8.42 Å². The molecule has 1 aromatic heterocycles. The molecule has 158 valence electrons. The molecule has 2 aromatic rings. The second-order valence-electron chi connectivity index (χ2n) is 7.56. The Bertz CT molecular complexity index is 938. The van der Waals surface area contributed by atoms with Crippen molar-refractivity contribution < 1.29 is 22.4 Å². The van der Waals surface area contributed by atoms with E-state index in [-0.39, 0.29) is 23.3 Å². The number of amides is 1. The highest BCUT2D eigenvalue weighted by Crippen LogP contribution is 2.32. The summed E-state index contributed by atoms with van der Waals surface area (Å²) in [5.41, 5.74) is 0.925. The van der Waals surface area contributed by atoms with Crippen molar-refractivity contribution in [3.05, 3.63) is 47.9 Å². The van der Waals surface area contributed by atoms with Gasteiger partial charge in [0, 0.05) is 13.1 Å². The number of nitrogens with zero attached hydrogens (tertiary/aromatic N) is 1. The number of nitrogens with one attached hydrogen (secondary N) is 1. The van der Waals surface area contributed by atoms with Crippen LogP contribution in [0.2, 0.25) is 0 Å². The van der Waals surface area contributed by atoms with Crippen LogP contribution in [0.1, 0.15) is 43.9 Å². The third-order valence-corrected chi connectivity index (χ3v) is 7.13. The summed E-state index contributed by atoms with van der Waals surface area (Å²) in [6.07, 6.45) is 2.83. The minimum atomic E-state index is -3.78. The van der Waals surface area contributed by atoms with Gasteiger partial charge >= 0.3 is 0 Å². The van der Waals surface area contributed by atoms with Crippen LogP contribution in [0.25, 0.3) is 0 Å². The van der Waals surface area contributed by atoms with Crippen LogP contribution in [0.3, 0.4) is 0 Å². The number of carbonyl (C=O) groups excluding carboxylic acids is 1. The van der Waals surface area contributed by atoms with E-state index < -0.39 is 15.9 Å². The molecule has 8 heteroatoms. The average Bonchev–Trinajstić information content (AvgIpc) is 3.25. The summed E-state index contributed by atoms with van der Waals surface area (Å²) >= 11 is 0. The third kappa shape index (κ3) is 4.82. The molecule has 0 saturated carbocycles. The molecule has 1 amide bonds. The van der Waals surface area contributed by atoms with Crippen LogP contribution >= 0.6 is 0 Å². The molecule has 1 atom stereocenters. The number of rotatable bonds is 7. The van der Waals surface area contributed by atoms with Gasteiger partial charge in [0.05, 0.1) is 25.8 Å². The molecule has 0 radical (unpaired) electrons. The van der Waals surface area contributed by atoms with E-state index in [0.29, 0.717) is 37.4 Å². The number of ether oxygens (including phenoxy) is 1. The quantitative estimate of drug-likeness (QED) is 0.743. The van der Waals surface area contributed by atoms with Crippen molar-refractivity contribution in [3.63, 3.8) is 0 Å². The lowest BCUT2D eigenvalue weighted by atomic mass is 9.99. The van der Waals surface area contributed by atoms with Crippen molar-refractivity contribution >= 4 is 15.9 Å². The molecule has 7 nitrogen and oxygen atoms in total. The van der Waals surface area contributed by atoms with Gasteiger partial charge in [-0.3, -0.25) is 4.79 Å². The number of benzene rings is 1. The van der Waals surface area contributed by atoms with Crippen LogP contribution in [-0.4, -0.2) is 38.8 Å². The van der Waals surface area contributed by atoms with Gasteiger partial charge in [-0.1, -0.05) is 19.9 Å². The second-order valence-corrected chi connectivity index (χ2v) is 9.47. The summed E-state index contributed by atoms with van der Waals surface area (Å²) in [5, 5.41) is 2.83. The standard InChI is InChI=1S/C21H28N2O5S/c1-15(2)16-8-9-19(27-3)20(12-16)29(25,26)23-10-4-6-17(14-23)21(24)22-13-18-7-5-11-28-18/h5,7-9,11-12,15,17H,4,6,10,13-14H2,1-3H3,(H,22,24)/t17-/m0/s1. The Morgan fingerprint density at radius 1 is 1.34 bits per heavy atom. The first kappa shape index (κ1) is 21.4. The molecular formula is C21H28N2O5S. The minimum Gasteiger partial charge on any atom is -0.495 e. The monoisotopic (exact) mass is 420 g/mol. The number of sulfonamides is 1. The smallest absolute Gasteiger partial charge is 0.246 e. The molecule has 1 aromatic carbocycles. The van der Waals surface area contributed by atoms with Gasteiger partial charge in [0.25, 0.3) is 0 Å². The van der Waals surface area contributed by atoms with Crippen molar-refractivity contribution in [2.45, 2.75) is 44.0 Å². The molecule has 0 spiro atoms. The Morgan fingerprint density at radius 3 is 2.79 bits per heavy atom. The fraction of sp³-hybridized carbons (Fsp3) is 0.476. The summed E-state index contributed by atoms with van der Waals surface area (Å²) in [5.74, 6) is 0.612. The molecule has 1 N–H and O–H groups in total. The molecular weight excluding hydrogens is 392 g/mol. The van der Waals surface area contributed by atoms with E-state index in [0.717, 1.165) is 5.56 Å². The number of hydrogen-bond donors (Lipinski definition) is 1. The first-order valence-electron chi connectivity index (χ1n) is 9.81. The topological polar surface area (TPSA) is 88.9 Å². The van der Waals surface area contributed by atoms with Gasteiger partial charge in [0.2, 0.25) is 15.9 Å². The highest BCUT2D eigenvalue weighted by molar-refractivity contribution is 7.89. The van der Waals surface area contributed by atoms with Gasteiger partial charge in [-0.05, 0) is 48.6 Å². The summed E-state index contributed by atoms with van der Waals surface area (Å²) in [6, 6.07) is 8.80. The summed E-state index contributed by atoms with van der Waals surface area (Å²) in [7, 11) is -2.31. The zero-order chi connectivity index (χ0) is 21.0. The fourth-order valence-electron chi connectivity index (χ4n) is 3.50. The maximum absolute atomic E-state index is 13.4. The Hall–Kier alpha value is -2.32. The predicted molar refractivity (Wildman–Crippen MR) is 109 cm³/mol. The van der Waals surface area contributed by atoms with Crippen LogP contribution in [0.5, 0.6) is 5.75 Å².